The molecule has 2 fully saturated rings. The second-order valence-corrected chi connectivity index (χ2v) is 16.4. The van der Waals surface area contributed by atoms with Crippen LogP contribution in [-0.4, -0.2) is 66.0 Å². The molecule has 0 radical (unpaired) electrons. The molecule has 1 unspecified atom stereocenters. The zero-order valence-corrected chi connectivity index (χ0v) is 23.1. The van der Waals surface area contributed by atoms with Gasteiger partial charge < -0.3 is 24.1 Å². The van der Waals surface area contributed by atoms with Crippen molar-refractivity contribution in [3.05, 3.63) is 6.33 Å². The first-order valence-electron chi connectivity index (χ1n) is 12.0. The Bertz CT molecular complexity index is 1090. The summed E-state index contributed by atoms with van der Waals surface area (Å²) >= 11 is 0. The number of rotatable bonds is 4. The fourth-order valence-corrected chi connectivity index (χ4v) is 10.2. The molecule has 4 atom stereocenters. The summed E-state index contributed by atoms with van der Waals surface area (Å²) in [6.07, 6.45) is -0.0247. The normalized spacial score (nSPS) is 26.8. The fourth-order valence-electron chi connectivity index (χ4n) is 5.23. The van der Waals surface area contributed by atoms with Crippen molar-refractivity contribution in [1.29, 1.82) is 0 Å². The van der Waals surface area contributed by atoms with Crippen molar-refractivity contribution in [2.45, 2.75) is 90.0 Å². The predicted octanol–water partition coefficient (Wildman–Crippen LogP) is 3.37. The minimum atomic E-state index is -2.72. The molecule has 0 bridgehead atoms. The summed E-state index contributed by atoms with van der Waals surface area (Å²) < 4.78 is 27.6. The number of carbonyl (C=O) groups excluding carboxylic acids is 1. The Morgan fingerprint density at radius 2 is 1.89 bits per heavy atom. The molecule has 2 saturated heterocycles. The minimum Gasteiger partial charge on any atom is -0.391 e. The molecule has 4 heterocycles. The Balaban J connectivity index is 1.71. The predicted molar refractivity (Wildman–Crippen MR) is 134 cm³/mol. The Kier molecular flexibility index (Phi) is 6.50. The van der Waals surface area contributed by atoms with Crippen LogP contribution in [0.2, 0.25) is 10.1 Å². The van der Waals surface area contributed by atoms with Crippen LogP contribution in [0.3, 0.4) is 0 Å². The van der Waals surface area contributed by atoms with Crippen LogP contribution in [0.4, 0.5) is 11.8 Å². The first-order valence-corrected chi connectivity index (χ1v) is 13.8. The van der Waals surface area contributed by atoms with Gasteiger partial charge in [0.15, 0.2) is 17.7 Å². The summed E-state index contributed by atoms with van der Waals surface area (Å²) in [5.74, 6) is -0.148. The number of nitrogens with one attached hydrogen (secondary N) is 1. The number of nitrogens with two attached hydrogens (primary N) is 1. The van der Waals surface area contributed by atoms with Gasteiger partial charge in [-0.05, 0) is 0 Å². The molecule has 2 aromatic rings. The van der Waals surface area contributed by atoms with Crippen molar-refractivity contribution in [2.75, 3.05) is 24.8 Å². The highest BCUT2D eigenvalue weighted by Gasteiger charge is 2.65. The van der Waals surface area contributed by atoms with Crippen LogP contribution < -0.4 is 11.1 Å². The highest BCUT2D eigenvalue weighted by molar-refractivity contribution is 6.73. The van der Waals surface area contributed by atoms with Gasteiger partial charge in [0.1, 0.15) is 23.8 Å². The maximum Gasteiger partial charge on any atom is 0.349 e. The molecule has 12 heteroatoms. The molecule has 1 amide bonds. The lowest BCUT2D eigenvalue weighted by molar-refractivity contribution is -0.118. The molecule has 194 valence electrons. The van der Waals surface area contributed by atoms with Gasteiger partial charge in [0.2, 0.25) is 11.9 Å². The summed E-state index contributed by atoms with van der Waals surface area (Å²) in [4.78, 5) is 25.3. The van der Waals surface area contributed by atoms with Gasteiger partial charge in [0, 0.05) is 23.1 Å². The number of amides is 1. The van der Waals surface area contributed by atoms with Crippen LogP contribution in [-0.2, 0) is 23.1 Å². The first kappa shape index (κ1) is 26.0. The Morgan fingerprint density at radius 3 is 2.46 bits per heavy atom. The molecule has 2 aromatic heterocycles. The molecular weight excluding hydrogens is 468 g/mol. The second kappa shape index (κ2) is 8.77. The summed E-state index contributed by atoms with van der Waals surface area (Å²) in [5.41, 5.74) is 7.01. The van der Waals surface area contributed by atoms with Gasteiger partial charge in [-0.1, -0.05) is 55.4 Å². The van der Waals surface area contributed by atoms with E-state index in [0.29, 0.717) is 17.8 Å². The average Bonchev–Trinajstić information content (AvgIpc) is 3.32. The minimum absolute atomic E-state index is 0.117. The zero-order valence-electron chi connectivity index (χ0n) is 22.1. The molecule has 0 aromatic carbocycles. The van der Waals surface area contributed by atoms with E-state index in [1.165, 1.54) is 0 Å². The van der Waals surface area contributed by atoms with Crippen LogP contribution in [0.1, 0.15) is 61.6 Å². The molecule has 0 saturated carbocycles. The van der Waals surface area contributed by atoms with Gasteiger partial charge in [0.25, 0.3) is 0 Å². The number of methoxy groups -OCH3 is 1. The van der Waals surface area contributed by atoms with Gasteiger partial charge in [-0.2, -0.15) is 9.97 Å². The Morgan fingerprint density at radius 1 is 1.23 bits per heavy atom. The van der Waals surface area contributed by atoms with E-state index in [0.717, 1.165) is 0 Å². The van der Waals surface area contributed by atoms with Gasteiger partial charge >= 0.3 is 8.56 Å². The number of aromatic nitrogens is 4. The first-order chi connectivity index (χ1) is 16.2. The molecule has 4 rings (SSSR count). The largest absolute Gasteiger partial charge is 0.391 e. The van der Waals surface area contributed by atoms with Gasteiger partial charge in [-0.25, -0.2) is 4.98 Å². The van der Waals surface area contributed by atoms with E-state index in [2.05, 4.69) is 61.8 Å². The third-order valence-electron chi connectivity index (χ3n) is 6.77. The van der Waals surface area contributed by atoms with Crippen molar-refractivity contribution in [2.24, 2.45) is 5.92 Å². The average molecular weight is 507 g/mol. The van der Waals surface area contributed by atoms with Gasteiger partial charge in [-0.3, -0.25) is 14.7 Å². The molecule has 11 nitrogen and oxygen atoms in total. The molecule has 0 spiro atoms. The van der Waals surface area contributed by atoms with E-state index in [1.807, 2.05) is 0 Å². The lowest BCUT2D eigenvalue weighted by Crippen LogP contribution is -2.65. The maximum absolute atomic E-state index is 12.2. The smallest absolute Gasteiger partial charge is 0.349 e. The van der Waals surface area contributed by atoms with E-state index >= 15 is 0 Å². The van der Waals surface area contributed by atoms with Gasteiger partial charge in [-0.15, -0.1) is 0 Å². The molecule has 35 heavy (non-hydrogen) atoms. The van der Waals surface area contributed by atoms with Crippen molar-refractivity contribution in [1.82, 2.24) is 19.5 Å². The van der Waals surface area contributed by atoms with Crippen LogP contribution in [0.5, 0.6) is 0 Å². The fraction of sp³-hybridized carbons (Fsp3) is 0.739. The van der Waals surface area contributed by atoms with E-state index in [4.69, 9.17) is 24.1 Å². The number of nitrogen functional groups attached to an aromatic ring is 1. The number of anilines is 2. The third-order valence-corrected chi connectivity index (χ3v) is 11.9. The molecule has 2 aliphatic rings. The number of hydrogen-bond acceptors (Lipinski definition) is 9. The standard InChI is InChI=1S/C23H38N6O5Si/c1-12(2)19(30)28-21-26-17(24)14-18(27-21)29(11-25-14)20-16(31-9)15-13(33-20)10-32-35(34-15,22(3,4)5)23(6,7)8/h11-13,15-16,20H,10H2,1-9H3,(H3,24,26,27,28,30)/t13-,15-,16-,20?/m1/s1. The molecular formula is C23H38N6O5Si. The summed E-state index contributed by atoms with van der Waals surface area (Å²) in [6.45, 7) is 17.1. The topological polar surface area (TPSA) is 136 Å². The lowest BCUT2D eigenvalue weighted by atomic mass is 10.1. The van der Waals surface area contributed by atoms with Crippen LogP contribution >= 0.6 is 0 Å². The Labute approximate surface area is 207 Å². The van der Waals surface area contributed by atoms with E-state index < -0.39 is 20.9 Å². The molecule has 2 aliphatic heterocycles. The maximum atomic E-state index is 12.2. The van der Waals surface area contributed by atoms with E-state index in [9.17, 15) is 4.79 Å². The van der Waals surface area contributed by atoms with Crippen LogP contribution in [0, 0.1) is 5.92 Å². The number of fused-ring (bicyclic) bond motifs is 2. The quantitative estimate of drug-likeness (QED) is 0.598. The van der Waals surface area contributed by atoms with Crippen LogP contribution in [0.25, 0.3) is 11.2 Å². The summed E-state index contributed by atoms with van der Waals surface area (Å²) in [6, 6.07) is 0. The third kappa shape index (κ3) is 4.24. The number of nitrogens with zero attached hydrogens (tertiary/aromatic N) is 4. The molecule has 3 N–H and O–H groups in total. The highest BCUT2D eigenvalue weighted by Crippen LogP contribution is 2.56. The molecule has 0 aliphatic carbocycles. The Hall–Kier alpha value is -2.12. The SMILES string of the molecule is CO[C@H]1C(n2cnc3c(N)nc(NC(=O)C(C)C)nc32)O[C@@H]2CO[Si](C(C)(C)C)(C(C)(C)C)O[C@H]21. The van der Waals surface area contributed by atoms with Crippen molar-refractivity contribution >= 4 is 37.4 Å². The van der Waals surface area contributed by atoms with E-state index in [-0.39, 0.29) is 45.9 Å². The summed E-state index contributed by atoms with van der Waals surface area (Å²) in [7, 11) is -1.07. The van der Waals surface area contributed by atoms with Crippen molar-refractivity contribution in [3.8, 4) is 0 Å². The lowest BCUT2D eigenvalue weighted by Gasteiger charge is -2.53. The second-order valence-electron chi connectivity index (χ2n) is 11.7. The van der Waals surface area contributed by atoms with E-state index in [1.54, 1.807) is 31.9 Å². The monoisotopic (exact) mass is 506 g/mol. The summed E-state index contributed by atoms with van der Waals surface area (Å²) in [5, 5.41) is 2.37. The number of imidazole rings is 1. The van der Waals surface area contributed by atoms with Gasteiger partial charge in [0.05, 0.1) is 12.9 Å². The number of hydrogen-bond donors (Lipinski definition) is 2. The van der Waals surface area contributed by atoms with Crippen molar-refractivity contribution in [3.63, 3.8) is 0 Å². The number of ether oxygens (including phenoxy) is 2. The highest BCUT2D eigenvalue weighted by atomic mass is 28.4. The van der Waals surface area contributed by atoms with Crippen molar-refractivity contribution < 1.29 is 23.1 Å². The number of carbonyl (C=O) groups is 1. The van der Waals surface area contributed by atoms with Crippen LogP contribution in [0.15, 0.2) is 6.33 Å². The zero-order chi connectivity index (χ0) is 25.9.